The van der Waals surface area contributed by atoms with Crippen molar-refractivity contribution in [2.45, 2.75) is 0 Å². The van der Waals surface area contributed by atoms with Gasteiger partial charge in [-0.05, 0) is 30.3 Å². The first-order valence-corrected chi connectivity index (χ1v) is 5.21. The van der Waals surface area contributed by atoms with Crippen molar-refractivity contribution < 1.29 is 9.47 Å². The second-order valence-corrected chi connectivity index (χ2v) is 3.47. The van der Waals surface area contributed by atoms with Crippen molar-refractivity contribution in [3.05, 3.63) is 42.1 Å². The summed E-state index contributed by atoms with van der Waals surface area (Å²) >= 11 is 0. The van der Waals surface area contributed by atoms with Crippen molar-refractivity contribution in [2.24, 2.45) is 0 Å². The maximum Gasteiger partial charge on any atom is 0.244 e. The molecule has 0 amide bonds. The molecule has 2 N–H and O–H groups in total. The van der Waals surface area contributed by atoms with Crippen LogP contribution in [0.4, 0.5) is 5.69 Å². The number of aromatic nitrogens is 1. The summed E-state index contributed by atoms with van der Waals surface area (Å²) in [4.78, 5) is 4.00. The highest BCUT2D eigenvalue weighted by Gasteiger charge is 2.08. The molecule has 18 heavy (non-hydrogen) atoms. The fraction of sp³-hybridized carbons (Fsp3) is 0.0769. The molecule has 0 aliphatic heterocycles. The van der Waals surface area contributed by atoms with Gasteiger partial charge >= 0.3 is 0 Å². The minimum atomic E-state index is 0.221. The molecule has 0 atom stereocenters. The normalized spacial score (nSPS) is 9.56. The highest BCUT2D eigenvalue weighted by Crippen LogP contribution is 2.28. The molecule has 1 aromatic carbocycles. The molecule has 0 saturated carbocycles. The largest absolute Gasteiger partial charge is 0.497 e. The maximum absolute atomic E-state index is 8.85. The van der Waals surface area contributed by atoms with Gasteiger partial charge in [-0.3, -0.25) is 0 Å². The van der Waals surface area contributed by atoms with Gasteiger partial charge in [0, 0.05) is 6.20 Å². The fourth-order valence-electron chi connectivity index (χ4n) is 1.39. The molecule has 5 nitrogen and oxygen atoms in total. The van der Waals surface area contributed by atoms with Crippen molar-refractivity contribution in [3.63, 3.8) is 0 Å². The topological polar surface area (TPSA) is 81.2 Å². The van der Waals surface area contributed by atoms with Crippen molar-refractivity contribution in [1.82, 2.24) is 4.98 Å². The molecule has 2 rings (SSSR count). The third-order valence-electron chi connectivity index (χ3n) is 2.35. The SMILES string of the molecule is COc1ccc(Oc2nccc(C#N)c2N)cc1. The van der Waals surface area contributed by atoms with Crippen LogP contribution in [0.5, 0.6) is 17.4 Å². The van der Waals surface area contributed by atoms with Gasteiger partial charge < -0.3 is 15.2 Å². The minimum absolute atomic E-state index is 0.221. The Balaban J connectivity index is 2.26. The Morgan fingerprint density at radius 3 is 2.44 bits per heavy atom. The van der Waals surface area contributed by atoms with Crippen LogP contribution in [0.3, 0.4) is 0 Å². The van der Waals surface area contributed by atoms with Crippen molar-refractivity contribution in [2.75, 3.05) is 12.8 Å². The van der Waals surface area contributed by atoms with Crippen LogP contribution in [0.2, 0.25) is 0 Å². The van der Waals surface area contributed by atoms with Gasteiger partial charge in [0.1, 0.15) is 23.3 Å². The molecular weight excluding hydrogens is 230 g/mol. The molecule has 0 unspecified atom stereocenters. The van der Waals surface area contributed by atoms with E-state index >= 15 is 0 Å². The van der Waals surface area contributed by atoms with Gasteiger partial charge in [-0.15, -0.1) is 0 Å². The number of nitrogens with zero attached hydrogens (tertiary/aromatic N) is 2. The van der Waals surface area contributed by atoms with E-state index in [0.29, 0.717) is 11.3 Å². The predicted octanol–water partition coefficient (Wildman–Crippen LogP) is 2.34. The highest BCUT2D eigenvalue weighted by atomic mass is 16.5. The van der Waals surface area contributed by atoms with Crippen LogP contribution in [0, 0.1) is 11.3 Å². The molecule has 1 heterocycles. The number of anilines is 1. The van der Waals surface area contributed by atoms with Crippen LogP contribution >= 0.6 is 0 Å². The summed E-state index contributed by atoms with van der Waals surface area (Å²) in [6.45, 7) is 0. The Labute approximate surface area is 104 Å². The number of benzene rings is 1. The molecule has 0 aliphatic rings. The molecular formula is C13H11N3O2. The molecule has 0 bridgehead atoms. The lowest BCUT2D eigenvalue weighted by Gasteiger charge is -2.08. The molecule has 0 spiro atoms. The standard InChI is InChI=1S/C13H11N3O2/c1-17-10-2-4-11(5-3-10)18-13-12(15)9(8-14)6-7-16-13/h2-7H,15H2,1H3. The van der Waals surface area contributed by atoms with E-state index in [4.69, 9.17) is 20.5 Å². The van der Waals surface area contributed by atoms with E-state index in [0.717, 1.165) is 5.75 Å². The zero-order valence-electron chi connectivity index (χ0n) is 9.75. The number of rotatable bonds is 3. The summed E-state index contributed by atoms with van der Waals surface area (Å²) in [5, 5.41) is 8.85. The lowest BCUT2D eigenvalue weighted by atomic mass is 10.2. The van der Waals surface area contributed by atoms with Crippen molar-refractivity contribution in [3.8, 4) is 23.4 Å². The average Bonchev–Trinajstić information content (AvgIpc) is 2.42. The molecule has 2 aromatic rings. The average molecular weight is 241 g/mol. The lowest BCUT2D eigenvalue weighted by molar-refractivity contribution is 0.412. The zero-order chi connectivity index (χ0) is 13.0. The van der Waals surface area contributed by atoms with Gasteiger partial charge in [-0.25, -0.2) is 4.98 Å². The number of nitrogen functional groups attached to an aromatic ring is 1. The number of methoxy groups -OCH3 is 1. The van der Waals surface area contributed by atoms with E-state index in [1.54, 1.807) is 31.4 Å². The van der Waals surface area contributed by atoms with E-state index in [1.165, 1.54) is 12.3 Å². The van der Waals surface area contributed by atoms with Gasteiger partial charge in [-0.2, -0.15) is 5.26 Å². The number of nitriles is 1. The minimum Gasteiger partial charge on any atom is -0.497 e. The summed E-state index contributed by atoms with van der Waals surface area (Å²) < 4.78 is 10.5. The van der Waals surface area contributed by atoms with Gasteiger partial charge in [0.25, 0.3) is 0 Å². The van der Waals surface area contributed by atoms with Crippen LogP contribution in [0.1, 0.15) is 5.56 Å². The molecule has 0 saturated heterocycles. The Morgan fingerprint density at radius 1 is 1.17 bits per heavy atom. The van der Waals surface area contributed by atoms with E-state index in [1.807, 2.05) is 6.07 Å². The monoisotopic (exact) mass is 241 g/mol. The number of pyridine rings is 1. The van der Waals surface area contributed by atoms with Crippen molar-refractivity contribution >= 4 is 5.69 Å². The quantitative estimate of drug-likeness (QED) is 0.891. The molecule has 5 heteroatoms. The smallest absolute Gasteiger partial charge is 0.244 e. The maximum atomic E-state index is 8.85. The number of nitrogens with two attached hydrogens (primary N) is 1. The van der Waals surface area contributed by atoms with E-state index < -0.39 is 0 Å². The van der Waals surface area contributed by atoms with Gasteiger partial charge in [0.2, 0.25) is 5.88 Å². The zero-order valence-corrected chi connectivity index (χ0v) is 9.75. The number of hydrogen-bond donors (Lipinski definition) is 1. The molecule has 1 aromatic heterocycles. The van der Waals surface area contributed by atoms with Gasteiger partial charge in [0.05, 0.1) is 12.7 Å². The predicted molar refractivity (Wildman–Crippen MR) is 66.4 cm³/mol. The highest BCUT2D eigenvalue weighted by molar-refractivity contribution is 5.60. The molecule has 0 aliphatic carbocycles. The molecule has 90 valence electrons. The summed E-state index contributed by atoms with van der Waals surface area (Å²) in [5.74, 6) is 1.53. The third-order valence-corrected chi connectivity index (χ3v) is 2.35. The summed E-state index contributed by atoms with van der Waals surface area (Å²) in [7, 11) is 1.59. The second-order valence-electron chi connectivity index (χ2n) is 3.47. The van der Waals surface area contributed by atoms with Gasteiger partial charge in [-0.1, -0.05) is 0 Å². The summed E-state index contributed by atoms with van der Waals surface area (Å²) in [6, 6.07) is 10.5. The molecule has 0 radical (unpaired) electrons. The summed E-state index contributed by atoms with van der Waals surface area (Å²) in [5.41, 5.74) is 6.34. The first-order chi connectivity index (χ1) is 8.74. The van der Waals surface area contributed by atoms with Crippen LogP contribution in [0.15, 0.2) is 36.5 Å². The fourth-order valence-corrected chi connectivity index (χ4v) is 1.39. The van der Waals surface area contributed by atoms with Crippen molar-refractivity contribution in [1.29, 1.82) is 5.26 Å². The Kier molecular flexibility index (Phi) is 3.30. The second kappa shape index (κ2) is 5.06. The Hall–Kier alpha value is -2.74. The Bertz CT molecular complexity index is 588. The number of hydrogen-bond acceptors (Lipinski definition) is 5. The van der Waals surface area contributed by atoms with Crippen LogP contribution in [-0.2, 0) is 0 Å². The lowest BCUT2D eigenvalue weighted by Crippen LogP contribution is -1.97. The van der Waals surface area contributed by atoms with Gasteiger partial charge in [0.15, 0.2) is 0 Å². The van der Waals surface area contributed by atoms with E-state index in [2.05, 4.69) is 4.98 Å². The first-order valence-electron chi connectivity index (χ1n) is 5.21. The third kappa shape index (κ3) is 2.33. The molecule has 0 fully saturated rings. The first kappa shape index (κ1) is 11.7. The van der Waals surface area contributed by atoms with E-state index in [-0.39, 0.29) is 11.6 Å². The van der Waals surface area contributed by atoms with E-state index in [9.17, 15) is 0 Å². The van der Waals surface area contributed by atoms with Crippen LogP contribution in [-0.4, -0.2) is 12.1 Å². The van der Waals surface area contributed by atoms with Crippen LogP contribution in [0.25, 0.3) is 0 Å². The Morgan fingerprint density at radius 2 is 1.83 bits per heavy atom. The van der Waals surface area contributed by atoms with Crippen LogP contribution < -0.4 is 15.2 Å². The number of ether oxygens (including phenoxy) is 2. The summed E-state index contributed by atoms with van der Waals surface area (Å²) in [6.07, 6.45) is 1.48.